The van der Waals surface area contributed by atoms with E-state index < -0.39 is 10.0 Å². The Morgan fingerprint density at radius 2 is 1.95 bits per heavy atom. The summed E-state index contributed by atoms with van der Waals surface area (Å²) in [5, 5.41) is 0. The first kappa shape index (κ1) is 14.9. The number of anilines is 1. The van der Waals surface area contributed by atoms with Gasteiger partial charge in [0.25, 0.3) is 10.0 Å². The Hall–Kier alpha value is -2.05. The Balaban J connectivity index is 1.79. The smallest absolute Gasteiger partial charge is 0.261 e. The van der Waals surface area contributed by atoms with Crippen molar-refractivity contribution in [2.24, 2.45) is 0 Å². The minimum absolute atomic E-state index is 0.157. The molecule has 2 aromatic carbocycles. The van der Waals surface area contributed by atoms with Crippen LogP contribution in [0.5, 0.6) is 5.75 Å². The van der Waals surface area contributed by atoms with Crippen LogP contribution < -0.4 is 9.46 Å². The van der Waals surface area contributed by atoms with E-state index in [1.54, 1.807) is 42.5 Å². The van der Waals surface area contributed by atoms with Crippen LogP contribution in [-0.4, -0.2) is 27.7 Å². The molecule has 0 amide bonds. The summed E-state index contributed by atoms with van der Waals surface area (Å²) in [5.74, 6) is 0.626. The highest BCUT2D eigenvalue weighted by Crippen LogP contribution is 2.24. The Bertz CT molecular complexity index is 755. The number of rotatable bonds is 6. The quantitative estimate of drug-likeness (QED) is 0.831. The maximum absolute atomic E-state index is 12.3. The van der Waals surface area contributed by atoms with Gasteiger partial charge in [0.2, 0.25) is 0 Å². The van der Waals surface area contributed by atoms with E-state index in [1.165, 1.54) is 0 Å². The van der Waals surface area contributed by atoms with Gasteiger partial charge in [-0.05, 0) is 36.8 Å². The minimum atomic E-state index is -3.60. The number of benzene rings is 2. The van der Waals surface area contributed by atoms with E-state index in [1.807, 2.05) is 13.0 Å². The first-order valence-corrected chi connectivity index (χ1v) is 8.45. The molecular weight excluding hydrogens is 302 g/mol. The molecular formula is C16H17NO4S. The second-order valence-corrected chi connectivity index (χ2v) is 6.90. The second kappa shape index (κ2) is 5.98. The molecule has 5 nitrogen and oxygen atoms in total. The molecule has 1 heterocycles. The molecule has 1 aliphatic heterocycles. The van der Waals surface area contributed by atoms with E-state index in [0.717, 1.165) is 12.2 Å². The van der Waals surface area contributed by atoms with Gasteiger partial charge < -0.3 is 9.47 Å². The predicted molar refractivity (Wildman–Crippen MR) is 83.7 cm³/mol. The molecule has 0 aliphatic carbocycles. The van der Waals surface area contributed by atoms with Crippen molar-refractivity contribution in [3.05, 3.63) is 54.1 Å². The fourth-order valence-electron chi connectivity index (χ4n) is 2.06. The van der Waals surface area contributed by atoms with Crippen molar-refractivity contribution in [1.29, 1.82) is 0 Å². The van der Waals surface area contributed by atoms with Crippen LogP contribution in [0.2, 0.25) is 0 Å². The average molecular weight is 319 g/mol. The van der Waals surface area contributed by atoms with Crippen LogP contribution in [0.1, 0.15) is 5.56 Å². The predicted octanol–water partition coefficient (Wildman–Crippen LogP) is 2.57. The Kier molecular flexibility index (Phi) is 4.04. The number of nitrogens with one attached hydrogen (secondary N) is 1. The molecule has 0 spiro atoms. The number of sulfonamides is 1. The summed E-state index contributed by atoms with van der Waals surface area (Å²) in [6.45, 7) is 3.09. The molecule has 1 atom stereocenters. The molecule has 1 unspecified atom stereocenters. The van der Waals surface area contributed by atoms with Crippen LogP contribution in [0.15, 0.2) is 53.4 Å². The minimum Gasteiger partial charge on any atom is -0.491 e. The van der Waals surface area contributed by atoms with Gasteiger partial charge in [-0.3, -0.25) is 4.72 Å². The monoisotopic (exact) mass is 319 g/mol. The molecule has 1 saturated heterocycles. The fraction of sp³-hybridized carbons (Fsp3) is 0.250. The molecule has 1 fully saturated rings. The molecule has 116 valence electrons. The highest BCUT2D eigenvalue weighted by molar-refractivity contribution is 7.92. The maximum Gasteiger partial charge on any atom is 0.261 e. The fourth-order valence-corrected chi connectivity index (χ4v) is 3.12. The molecule has 0 saturated carbocycles. The van der Waals surface area contributed by atoms with E-state index in [-0.39, 0.29) is 11.0 Å². The normalized spacial score (nSPS) is 17.0. The summed E-state index contributed by atoms with van der Waals surface area (Å²) < 4.78 is 37.9. The molecule has 0 radical (unpaired) electrons. The number of hydrogen-bond donors (Lipinski definition) is 1. The molecule has 1 aliphatic rings. The molecule has 2 aromatic rings. The number of hydrogen-bond acceptors (Lipinski definition) is 4. The zero-order chi connectivity index (χ0) is 15.6. The van der Waals surface area contributed by atoms with E-state index in [2.05, 4.69) is 4.72 Å². The van der Waals surface area contributed by atoms with Crippen LogP contribution in [0.3, 0.4) is 0 Å². The standard InChI is InChI=1S/C16H17NO4S/c1-12-7-13(9-14(8-12)20-10-15-11-21-15)17-22(18,19)16-5-3-2-4-6-16/h2-9,15,17H,10-11H2,1H3. The number of epoxide rings is 1. The largest absolute Gasteiger partial charge is 0.491 e. The third-order valence-corrected chi connectivity index (χ3v) is 4.59. The topological polar surface area (TPSA) is 67.9 Å². The van der Waals surface area contributed by atoms with Gasteiger partial charge in [-0.2, -0.15) is 0 Å². The Labute approximate surface area is 129 Å². The molecule has 22 heavy (non-hydrogen) atoms. The van der Waals surface area contributed by atoms with Crippen LogP contribution in [0.4, 0.5) is 5.69 Å². The zero-order valence-corrected chi connectivity index (χ0v) is 13.0. The van der Waals surface area contributed by atoms with Crippen molar-refractivity contribution in [3.8, 4) is 5.75 Å². The number of aryl methyl sites for hydroxylation is 1. The first-order valence-electron chi connectivity index (χ1n) is 6.97. The lowest BCUT2D eigenvalue weighted by Gasteiger charge is -2.11. The van der Waals surface area contributed by atoms with Gasteiger partial charge in [-0.15, -0.1) is 0 Å². The summed E-state index contributed by atoms with van der Waals surface area (Å²) in [5.41, 5.74) is 1.40. The van der Waals surface area contributed by atoms with Gasteiger partial charge >= 0.3 is 0 Å². The van der Waals surface area contributed by atoms with Crippen molar-refractivity contribution in [2.75, 3.05) is 17.9 Å². The summed E-state index contributed by atoms with van der Waals surface area (Å²) in [4.78, 5) is 0.227. The Morgan fingerprint density at radius 1 is 1.23 bits per heavy atom. The van der Waals surface area contributed by atoms with Crippen molar-refractivity contribution < 1.29 is 17.9 Å². The maximum atomic E-state index is 12.3. The summed E-state index contributed by atoms with van der Waals surface area (Å²) in [6, 6.07) is 13.6. The molecule has 0 bridgehead atoms. The van der Waals surface area contributed by atoms with Gasteiger partial charge in [0.05, 0.1) is 17.2 Å². The van der Waals surface area contributed by atoms with Gasteiger partial charge in [-0.1, -0.05) is 18.2 Å². The molecule has 1 N–H and O–H groups in total. The van der Waals surface area contributed by atoms with Crippen LogP contribution in [-0.2, 0) is 14.8 Å². The number of ether oxygens (including phenoxy) is 2. The summed E-state index contributed by atoms with van der Waals surface area (Å²) in [7, 11) is -3.60. The third-order valence-electron chi connectivity index (χ3n) is 3.19. The van der Waals surface area contributed by atoms with Gasteiger partial charge in [-0.25, -0.2) is 8.42 Å². The van der Waals surface area contributed by atoms with E-state index >= 15 is 0 Å². The van der Waals surface area contributed by atoms with Gasteiger partial charge in [0, 0.05) is 6.07 Å². The molecule has 3 rings (SSSR count). The van der Waals surface area contributed by atoms with Crippen molar-refractivity contribution in [3.63, 3.8) is 0 Å². The van der Waals surface area contributed by atoms with Gasteiger partial charge in [0.15, 0.2) is 0 Å². The lowest BCUT2D eigenvalue weighted by atomic mass is 10.2. The van der Waals surface area contributed by atoms with E-state index in [9.17, 15) is 8.42 Å². The van der Waals surface area contributed by atoms with Crippen LogP contribution in [0, 0.1) is 6.92 Å². The Morgan fingerprint density at radius 3 is 2.64 bits per heavy atom. The van der Waals surface area contributed by atoms with E-state index in [0.29, 0.717) is 18.0 Å². The third kappa shape index (κ3) is 3.78. The van der Waals surface area contributed by atoms with Crippen molar-refractivity contribution in [2.45, 2.75) is 17.9 Å². The summed E-state index contributed by atoms with van der Waals surface area (Å²) in [6.07, 6.45) is 0.157. The van der Waals surface area contributed by atoms with Crippen LogP contribution >= 0.6 is 0 Å². The summed E-state index contributed by atoms with van der Waals surface area (Å²) >= 11 is 0. The van der Waals surface area contributed by atoms with Gasteiger partial charge in [0.1, 0.15) is 18.5 Å². The van der Waals surface area contributed by atoms with E-state index in [4.69, 9.17) is 9.47 Å². The average Bonchev–Trinajstić information content (AvgIpc) is 3.29. The SMILES string of the molecule is Cc1cc(NS(=O)(=O)c2ccccc2)cc(OCC2CO2)c1. The highest BCUT2D eigenvalue weighted by Gasteiger charge is 2.23. The lowest BCUT2D eigenvalue weighted by molar-refractivity contribution is 0.263. The van der Waals surface area contributed by atoms with Crippen LogP contribution in [0.25, 0.3) is 0 Å². The second-order valence-electron chi connectivity index (χ2n) is 5.22. The molecule has 6 heteroatoms. The molecule has 0 aromatic heterocycles. The lowest BCUT2D eigenvalue weighted by Crippen LogP contribution is -2.13. The van der Waals surface area contributed by atoms with Crippen molar-refractivity contribution >= 4 is 15.7 Å². The zero-order valence-electron chi connectivity index (χ0n) is 12.2. The highest BCUT2D eigenvalue weighted by atomic mass is 32.2. The first-order chi connectivity index (χ1) is 10.5. The van der Waals surface area contributed by atoms with Crippen molar-refractivity contribution in [1.82, 2.24) is 0 Å².